The van der Waals surface area contributed by atoms with Crippen molar-refractivity contribution in [2.75, 3.05) is 12.8 Å². The van der Waals surface area contributed by atoms with Crippen LogP contribution in [0.4, 0.5) is 5.69 Å². The second-order valence-corrected chi connectivity index (χ2v) is 3.29. The number of anilines is 1. The lowest BCUT2D eigenvalue weighted by molar-refractivity contribution is 0.0960. The number of benzene rings is 1. The zero-order chi connectivity index (χ0) is 10.0. The maximum absolute atomic E-state index is 11.3. The van der Waals surface area contributed by atoms with E-state index in [0.717, 1.165) is 0 Å². The molecule has 0 saturated carbocycles. The summed E-state index contributed by atoms with van der Waals surface area (Å²) in [5.74, 6) is -0.578. The third-order valence-electron chi connectivity index (χ3n) is 1.61. The average molecular weight is 245 g/mol. The molecule has 1 amide bonds. The van der Waals surface area contributed by atoms with Gasteiger partial charge >= 0.3 is 0 Å². The Morgan fingerprint density at radius 2 is 2.23 bits per heavy atom. The molecule has 70 valence electrons. The summed E-state index contributed by atoms with van der Waals surface area (Å²) in [6, 6.07) is 3.13. The van der Waals surface area contributed by atoms with Gasteiger partial charge in [-0.05, 0) is 28.1 Å². The van der Waals surface area contributed by atoms with Gasteiger partial charge in [-0.25, -0.2) is 0 Å². The Labute approximate surface area is 83.9 Å². The van der Waals surface area contributed by atoms with Crippen LogP contribution in [-0.2, 0) is 0 Å². The van der Waals surface area contributed by atoms with Crippen molar-refractivity contribution in [2.24, 2.45) is 0 Å². The lowest BCUT2D eigenvalue weighted by Gasteiger charge is -2.07. The fourth-order valence-electron chi connectivity index (χ4n) is 0.924. The number of nitrogens with two attached hydrogens (primary N) is 1. The maximum Gasteiger partial charge on any atom is 0.256 e. The molecule has 0 aliphatic rings. The molecule has 0 unspecified atom stereocenters. The van der Waals surface area contributed by atoms with Crippen LogP contribution in [0.2, 0.25) is 0 Å². The predicted octanol–water partition coefficient (Wildman–Crippen LogP) is 1.10. The summed E-state index contributed by atoms with van der Waals surface area (Å²) in [4.78, 5) is 11.3. The lowest BCUT2D eigenvalue weighted by atomic mass is 10.1. The summed E-state index contributed by atoms with van der Waals surface area (Å²) in [6.45, 7) is 0. The van der Waals surface area contributed by atoms with E-state index < -0.39 is 0 Å². The largest absolute Gasteiger partial charge is 0.505 e. The molecule has 0 atom stereocenters. The van der Waals surface area contributed by atoms with Gasteiger partial charge in [-0.1, -0.05) is 0 Å². The van der Waals surface area contributed by atoms with Gasteiger partial charge in [-0.15, -0.1) is 0 Å². The smallest absolute Gasteiger partial charge is 0.256 e. The highest BCUT2D eigenvalue weighted by molar-refractivity contribution is 9.10. The molecule has 4 nitrogen and oxygen atoms in total. The summed E-state index contributed by atoms with van der Waals surface area (Å²) < 4.78 is 0.513. The van der Waals surface area contributed by atoms with E-state index in [1.165, 1.54) is 13.1 Å². The molecular weight excluding hydrogens is 236 g/mol. The van der Waals surface area contributed by atoms with Crippen molar-refractivity contribution in [3.8, 4) is 5.75 Å². The Morgan fingerprint density at radius 3 is 2.77 bits per heavy atom. The van der Waals surface area contributed by atoms with Crippen LogP contribution in [0.25, 0.3) is 0 Å². The molecule has 0 radical (unpaired) electrons. The second kappa shape index (κ2) is 3.66. The quantitative estimate of drug-likeness (QED) is 0.512. The molecule has 0 saturated heterocycles. The van der Waals surface area contributed by atoms with Crippen LogP contribution in [0.1, 0.15) is 10.4 Å². The molecule has 0 aromatic heterocycles. The lowest BCUT2D eigenvalue weighted by Crippen LogP contribution is -2.18. The van der Waals surface area contributed by atoms with Crippen molar-refractivity contribution < 1.29 is 9.90 Å². The molecule has 1 aromatic rings. The molecule has 0 spiro atoms. The van der Waals surface area contributed by atoms with Crippen molar-refractivity contribution >= 4 is 27.5 Å². The Balaban J connectivity index is 3.33. The predicted molar refractivity (Wildman–Crippen MR) is 53.6 cm³/mol. The average Bonchev–Trinajstić information content (AvgIpc) is 2.12. The van der Waals surface area contributed by atoms with Gasteiger partial charge in [0.2, 0.25) is 0 Å². The third kappa shape index (κ3) is 1.75. The molecule has 1 aromatic carbocycles. The normalized spacial score (nSPS) is 9.69. The van der Waals surface area contributed by atoms with Crippen LogP contribution in [0.3, 0.4) is 0 Å². The van der Waals surface area contributed by atoms with Crippen molar-refractivity contribution in [3.63, 3.8) is 0 Å². The summed E-state index contributed by atoms with van der Waals surface area (Å²) in [5.41, 5.74) is 5.77. The van der Waals surface area contributed by atoms with Crippen molar-refractivity contribution in [1.29, 1.82) is 0 Å². The molecule has 5 heteroatoms. The Bertz CT molecular complexity index is 352. The first-order valence-corrected chi connectivity index (χ1v) is 4.36. The van der Waals surface area contributed by atoms with Gasteiger partial charge in [-0.2, -0.15) is 0 Å². The van der Waals surface area contributed by atoms with Crippen LogP contribution < -0.4 is 11.1 Å². The first kappa shape index (κ1) is 9.85. The summed E-state index contributed by atoms with van der Waals surface area (Å²) >= 11 is 3.15. The van der Waals surface area contributed by atoms with E-state index in [1.807, 2.05) is 0 Å². The summed E-state index contributed by atoms with van der Waals surface area (Å²) in [7, 11) is 1.48. The highest BCUT2D eigenvalue weighted by atomic mass is 79.9. The summed E-state index contributed by atoms with van der Waals surface area (Å²) in [6.07, 6.45) is 0. The molecule has 0 bridgehead atoms. The van der Waals surface area contributed by atoms with Crippen LogP contribution in [-0.4, -0.2) is 18.1 Å². The van der Waals surface area contributed by atoms with E-state index in [4.69, 9.17) is 5.73 Å². The van der Waals surface area contributed by atoms with Gasteiger partial charge in [0.15, 0.2) is 5.75 Å². The van der Waals surface area contributed by atoms with Gasteiger partial charge in [-0.3, -0.25) is 4.79 Å². The minimum atomic E-state index is -0.378. The number of hydrogen-bond donors (Lipinski definition) is 3. The molecular formula is C8H9BrN2O2. The van der Waals surface area contributed by atoms with Gasteiger partial charge in [0.1, 0.15) is 0 Å². The van der Waals surface area contributed by atoms with E-state index in [9.17, 15) is 9.90 Å². The van der Waals surface area contributed by atoms with Crippen molar-refractivity contribution in [3.05, 3.63) is 22.2 Å². The molecule has 0 heterocycles. The topological polar surface area (TPSA) is 75.4 Å². The Kier molecular flexibility index (Phi) is 2.77. The highest BCUT2D eigenvalue weighted by Gasteiger charge is 2.15. The molecule has 0 fully saturated rings. The van der Waals surface area contributed by atoms with Crippen LogP contribution in [0, 0.1) is 0 Å². The number of aromatic hydroxyl groups is 1. The van der Waals surface area contributed by atoms with Crippen LogP contribution in [0.15, 0.2) is 16.6 Å². The monoisotopic (exact) mass is 244 g/mol. The van der Waals surface area contributed by atoms with Gasteiger partial charge in [0.25, 0.3) is 5.91 Å². The molecule has 0 aliphatic heterocycles. The maximum atomic E-state index is 11.3. The van der Waals surface area contributed by atoms with Crippen molar-refractivity contribution in [1.82, 2.24) is 5.32 Å². The number of phenolic OH excluding ortho intramolecular Hbond substituents is 1. The molecule has 4 N–H and O–H groups in total. The number of carbonyl (C=O) groups is 1. The number of nitrogen functional groups attached to an aromatic ring is 1. The fourth-order valence-corrected chi connectivity index (χ4v) is 1.42. The number of phenols is 1. The number of amides is 1. The van der Waals surface area contributed by atoms with Crippen LogP contribution in [0.5, 0.6) is 5.75 Å². The zero-order valence-corrected chi connectivity index (χ0v) is 8.55. The minimum Gasteiger partial charge on any atom is -0.505 e. The minimum absolute atomic E-state index is 0.155. The number of hydrogen-bond acceptors (Lipinski definition) is 3. The van der Waals surface area contributed by atoms with E-state index in [2.05, 4.69) is 21.2 Å². The molecule has 13 heavy (non-hydrogen) atoms. The van der Waals surface area contributed by atoms with E-state index in [0.29, 0.717) is 4.47 Å². The highest BCUT2D eigenvalue weighted by Crippen LogP contribution is 2.31. The first-order valence-electron chi connectivity index (χ1n) is 3.57. The molecule has 1 rings (SSSR count). The van der Waals surface area contributed by atoms with E-state index >= 15 is 0 Å². The third-order valence-corrected chi connectivity index (χ3v) is 2.27. The molecule has 0 aliphatic carbocycles. The van der Waals surface area contributed by atoms with E-state index in [1.54, 1.807) is 6.07 Å². The second-order valence-electron chi connectivity index (χ2n) is 2.44. The number of nitrogens with one attached hydrogen (secondary N) is 1. The Hall–Kier alpha value is -1.23. The van der Waals surface area contributed by atoms with Gasteiger partial charge in [0, 0.05) is 11.5 Å². The number of rotatable bonds is 1. The number of halogens is 1. The van der Waals surface area contributed by atoms with E-state index in [-0.39, 0.29) is 22.9 Å². The Morgan fingerprint density at radius 1 is 1.62 bits per heavy atom. The summed E-state index contributed by atoms with van der Waals surface area (Å²) in [5, 5.41) is 11.9. The van der Waals surface area contributed by atoms with Gasteiger partial charge in [0.05, 0.1) is 11.3 Å². The fraction of sp³-hybridized carbons (Fsp3) is 0.125. The zero-order valence-electron chi connectivity index (χ0n) is 6.97. The van der Waals surface area contributed by atoms with Crippen molar-refractivity contribution in [2.45, 2.75) is 0 Å². The number of carbonyl (C=O) groups excluding carboxylic acids is 1. The first-order chi connectivity index (χ1) is 6.07. The van der Waals surface area contributed by atoms with Crippen LogP contribution >= 0.6 is 15.9 Å². The SMILES string of the molecule is CNC(=O)c1c(Br)ccc(N)c1O. The van der Waals surface area contributed by atoms with Gasteiger partial charge < -0.3 is 16.2 Å². The standard InChI is InChI=1S/C8H9BrN2O2/c1-11-8(13)6-4(9)2-3-5(10)7(6)12/h2-3,12H,10H2,1H3,(H,11,13).